The molecule has 0 spiro atoms. The highest BCUT2D eigenvalue weighted by Crippen LogP contribution is 2.36. The Bertz CT molecular complexity index is 767. The summed E-state index contributed by atoms with van der Waals surface area (Å²) in [6.45, 7) is 5.54. The van der Waals surface area contributed by atoms with E-state index in [1.54, 1.807) is 0 Å². The third-order valence-corrected chi connectivity index (χ3v) is 5.78. The molecular weight excluding hydrogens is 426 g/mol. The number of halogens is 1. The molecule has 1 aromatic rings. The summed E-state index contributed by atoms with van der Waals surface area (Å²) in [5.41, 5.74) is 1.43. The van der Waals surface area contributed by atoms with Gasteiger partial charge in [0.2, 0.25) is 11.8 Å². The molecule has 144 valence electrons. The highest BCUT2D eigenvalue weighted by molar-refractivity contribution is 9.10. The van der Waals surface area contributed by atoms with Crippen LogP contribution in [0.2, 0.25) is 0 Å². The van der Waals surface area contributed by atoms with Crippen molar-refractivity contribution >= 4 is 39.5 Å². The van der Waals surface area contributed by atoms with Crippen LogP contribution in [0.3, 0.4) is 0 Å². The van der Waals surface area contributed by atoms with E-state index in [-0.39, 0.29) is 29.9 Å². The number of hydrogen-bond donors (Lipinski definition) is 1. The van der Waals surface area contributed by atoms with E-state index < -0.39 is 0 Å². The van der Waals surface area contributed by atoms with Crippen LogP contribution < -0.4 is 5.32 Å². The molecule has 2 rings (SSSR count). The number of allylic oxidation sites excluding steroid dienone is 1. The molecule has 1 aliphatic rings. The van der Waals surface area contributed by atoms with E-state index >= 15 is 0 Å². The minimum absolute atomic E-state index is 0.0346. The monoisotopic (exact) mass is 449 g/mol. The second-order valence-corrected chi connectivity index (χ2v) is 8.29. The Balaban J connectivity index is 2.21. The summed E-state index contributed by atoms with van der Waals surface area (Å²) >= 11 is 4.69. The van der Waals surface area contributed by atoms with E-state index in [2.05, 4.69) is 27.3 Å². The highest BCUT2D eigenvalue weighted by atomic mass is 79.9. The second-order valence-electron chi connectivity index (χ2n) is 6.38. The zero-order chi connectivity index (χ0) is 19.8. The van der Waals surface area contributed by atoms with E-state index in [4.69, 9.17) is 0 Å². The van der Waals surface area contributed by atoms with Gasteiger partial charge in [0, 0.05) is 29.9 Å². The fourth-order valence-corrected chi connectivity index (χ4v) is 4.46. The molecule has 0 aromatic heterocycles. The van der Waals surface area contributed by atoms with Gasteiger partial charge in [-0.05, 0) is 30.5 Å². The van der Waals surface area contributed by atoms with E-state index in [9.17, 15) is 14.9 Å². The average Bonchev–Trinajstić information content (AvgIpc) is 2.65. The lowest BCUT2D eigenvalue weighted by Crippen LogP contribution is -2.35. The summed E-state index contributed by atoms with van der Waals surface area (Å²) in [5, 5.41) is 13.0. The Labute approximate surface area is 173 Å². The number of nitrogens with zero attached hydrogens (tertiary/aromatic N) is 2. The molecule has 0 saturated carbocycles. The van der Waals surface area contributed by atoms with Gasteiger partial charge >= 0.3 is 0 Å². The minimum atomic E-state index is -0.291. The number of rotatable bonds is 8. The van der Waals surface area contributed by atoms with Gasteiger partial charge in [-0.1, -0.05) is 53.7 Å². The van der Waals surface area contributed by atoms with Crippen LogP contribution >= 0.6 is 27.7 Å². The van der Waals surface area contributed by atoms with E-state index in [0.717, 1.165) is 36.0 Å². The first-order valence-electron chi connectivity index (χ1n) is 9.10. The smallest absolute Gasteiger partial charge is 0.232 e. The van der Waals surface area contributed by atoms with Crippen molar-refractivity contribution in [1.82, 2.24) is 10.2 Å². The number of nitriles is 1. The van der Waals surface area contributed by atoms with Gasteiger partial charge in [0.15, 0.2) is 0 Å². The molecule has 1 aromatic carbocycles. The van der Waals surface area contributed by atoms with Crippen molar-refractivity contribution in [2.75, 3.05) is 18.8 Å². The lowest BCUT2D eigenvalue weighted by atomic mass is 9.87. The fourth-order valence-electron chi connectivity index (χ4n) is 3.07. The quantitative estimate of drug-likeness (QED) is 0.645. The molecule has 0 fully saturated rings. The molecule has 0 saturated heterocycles. The topological polar surface area (TPSA) is 73.2 Å². The summed E-state index contributed by atoms with van der Waals surface area (Å²) in [4.78, 5) is 26.6. The van der Waals surface area contributed by atoms with Crippen LogP contribution in [0.15, 0.2) is 39.3 Å². The zero-order valence-corrected chi connectivity index (χ0v) is 18.0. The number of benzene rings is 1. The van der Waals surface area contributed by atoms with Crippen LogP contribution in [0.25, 0.3) is 0 Å². The van der Waals surface area contributed by atoms with Gasteiger partial charge in [0.05, 0.1) is 22.4 Å². The number of amides is 2. The van der Waals surface area contributed by atoms with Crippen LogP contribution in [0.5, 0.6) is 0 Å². The molecule has 0 bridgehead atoms. The predicted molar refractivity (Wildman–Crippen MR) is 112 cm³/mol. The summed E-state index contributed by atoms with van der Waals surface area (Å²) in [6, 6.07) is 9.90. The number of carbonyl (C=O) groups is 2. The van der Waals surface area contributed by atoms with E-state index in [1.165, 1.54) is 11.8 Å². The minimum Gasteiger partial charge on any atom is -0.342 e. The number of hydrogen-bond acceptors (Lipinski definition) is 4. The molecule has 1 N–H and O–H groups in total. The number of nitrogens with one attached hydrogen (secondary N) is 1. The average molecular weight is 450 g/mol. The Kier molecular flexibility index (Phi) is 8.39. The van der Waals surface area contributed by atoms with Crippen LogP contribution in [-0.2, 0) is 9.59 Å². The number of thioether (sulfide) groups is 1. The molecular formula is C20H24BrN3O2S. The molecule has 2 amide bonds. The molecule has 1 heterocycles. The van der Waals surface area contributed by atoms with Crippen molar-refractivity contribution in [3.63, 3.8) is 0 Å². The first-order valence-corrected chi connectivity index (χ1v) is 10.9. The van der Waals surface area contributed by atoms with Crippen molar-refractivity contribution in [3.8, 4) is 6.07 Å². The van der Waals surface area contributed by atoms with Crippen molar-refractivity contribution in [2.24, 2.45) is 0 Å². The summed E-state index contributed by atoms with van der Waals surface area (Å²) < 4.78 is 0.905. The predicted octanol–water partition coefficient (Wildman–Crippen LogP) is 4.17. The summed E-state index contributed by atoms with van der Waals surface area (Å²) in [6.07, 6.45) is 2.05. The Morgan fingerprint density at radius 2 is 2.07 bits per heavy atom. The first-order chi connectivity index (χ1) is 13.0. The van der Waals surface area contributed by atoms with Crippen LogP contribution in [0.4, 0.5) is 0 Å². The molecule has 27 heavy (non-hydrogen) atoms. The van der Waals surface area contributed by atoms with E-state index in [0.29, 0.717) is 10.6 Å². The van der Waals surface area contributed by atoms with Crippen molar-refractivity contribution in [1.29, 1.82) is 5.26 Å². The van der Waals surface area contributed by atoms with Crippen LogP contribution in [0.1, 0.15) is 44.6 Å². The van der Waals surface area contributed by atoms with Crippen molar-refractivity contribution in [3.05, 3.63) is 44.9 Å². The van der Waals surface area contributed by atoms with Crippen molar-refractivity contribution in [2.45, 2.75) is 39.0 Å². The van der Waals surface area contributed by atoms with Crippen LogP contribution in [-0.4, -0.2) is 35.6 Å². The first kappa shape index (κ1) is 21.5. The van der Waals surface area contributed by atoms with E-state index in [1.807, 2.05) is 43.0 Å². The molecule has 5 nitrogen and oxygen atoms in total. The largest absolute Gasteiger partial charge is 0.342 e. The molecule has 7 heteroatoms. The highest BCUT2D eigenvalue weighted by Gasteiger charge is 2.30. The fraction of sp³-hybridized carbons (Fsp3) is 0.450. The molecule has 0 aliphatic carbocycles. The maximum atomic E-state index is 12.5. The summed E-state index contributed by atoms with van der Waals surface area (Å²) in [5.74, 6) is -0.173. The van der Waals surface area contributed by atoms with Gasteiger partial charge < -0.3 is 10.2 Å². The second kappa shape index (κ2) is 10.5. The van der Waals surface area contributed by atoms with Gasteiger partial charge in [0.25, 0.3) is 0 Å². The van der Waals surface area contributed by atoms with Gasteiger partial charge in [0.1, 0.15) is 0 Å². The Morgan fingerprint density at radius 1 is 1.37 bits per heavy atom. The SMILES string of the molecule is CCCN(CCC)C(=O)CSC1=C(C#N)[C@@H](c2cccc(Br)c2)CC(=O)N1. The molecule has 0 unspecified atom stereocenters. The zero-order valence-electron chi connectivity index (χ0n) is 15.6. The lowest BCUT2D eigenvalue weighted by Gasteiger charge is -2.26. The molecule has 0 radical (unpaired) electrons. The standard InChI is InChI=1S/C20H24BrN3O2S/c1-3-8-24(9-4-2)19(26)13-27-20-17(12-22)16(11-18(25)23-20)14-6-5-7-15(21)10-14/h5-7,10,16H,3-4,8-9,11,13H2,1-2H3,(H,23,25)/t16-/m1/s1. The maximum Gasteiger partial charge on any atom is 0.232 e. The van der Waals surface area contributed by atoms with Gasteiger partial charge in [-0.3, -0.25) is 9.59 Å². The normalized spacial score (nSPS) is 16.7. The van der Waals surface area contributed by atoms with Gasteiger partial charge in [-0.2, -0.15) is 5.26 Å². The number of carbonyl (C=O) groups excluding carboxylic acids is 2. The molecule has 1 aliphatic heterocycles. The Morgan fingerprint density at radius 3 is 2.67 bits per heavy atom. The maximum absolute atomic E-state index is 12.5. The van der Waals surface area contributed by atoms with Crippen LogP contribution in [0, 0.1) is 11.3 Å². The van der Waals surface area contributed by atoms with Gasteiger partial charge in [-0.15, -0.1) is 0 Å². The molecule has 1 atom stereocenters. The third-order valence-electron chi connectivity index (χ3n) is 4.29. The van der Waals surface area contributed by atoms with Gasteiger partial charge in [-0.25, -0.2) is 0 Å². The lowest BCUT2D eigenvalue weighted by molar-refractivity contribution is -0.128. The third kappa shape index (κ3) is 5.85. The van der Waals surface area contributed by atoms with Crippen molar-refractivity contribution < 1.29 is 9.59 Å². The summed E-state index contributed by atoms with van der Waals surface area (Å²) in [7, 11) is 0. The Hall–Kier alpha value is -1.78.